The maximum Gasteiger partial charge on any atom is 0.0672 e. The highest BCUT2D eigenvalue weighted by atomic mass is 16.5. The van der Waals surface area contributed by atoms with Crippen LogP contribution in [0, 0.1) is 0 Å². The predicted molar refractivity (Wildman–Crippen MR) is 65.8 cm³/mol. The van der Waals surface area contributed by atoms with E-state index in [-0.39, 0.29) is 0 Å². The molecule has 0 aliphatic heterocycles. The molecule has 0 radical (unpaired) electrons. The van der Waals surface area contributed by atoms with Gasteiger partial charge in [0.1, 0.15) is 0 Å². The van der Waals surface area contributed by atoms with Crippen molar-refractivity contribution < 1.29 is 14.2 Å². The van der Waals surface area contributed by atoms with Gasteiger partial charge in [-0.05, 0) is 13.3 Å². The van der Waals surface area contributed by atoms with Crippen molar-refractivity contribution in [2.24, 2.45) is 0 Å². The van der Waals surface area contributed by atoms with Gasteiger partial charge >= 0.3 is 0 Å². The molecule has 0 heterocycles. The first-order chi connectivity index (χ1) is 7.77. The van der Waals surface area contributed by atoms with E-state index < -0.39 is 0 Å². The van der Waals surface area contributed by atoms with Crippen LogP contribution in [0.1, 0.15) is 13.3 Å². The lowest BCUT2D eigenvalue weighted by Crippen LogP contribution is -2.24. The van der Waals surface area contributed by atoms with Crippen LogP contribution in [-0.4, -0.2) is 53.2 Å². The van der Waals surface area contributed by atoms with E-state index in [0.29, 0.717) is 6.61 Å². The van der Waals surface area contributed by atoms with Gasteiger partial charge < -0.3 is 19.5 Å². The minimum absolute atomic E-state index is 0.648. The van der Waals surface area contributed by atoms with Crippen LogP contribution in [0.15, 0.2) is 12.2 Å². The Balaban J connectivity index is 2.90. The number of rotatable bonds is 12. The summed E-state index contributed by atoms with van der Waals surface area (Å²) in [5, 5.41) is 3.24. The normalized spacial score (nSPS) is 10.6. The summed E-state index contributed by atoms with van der Waals surface area (Å²) in [5.74, 6) is 0. The van der Waals surface area contributed by atoms with Crippen LogP contribution in [0.4, 0.5) is 0 Å². The molecule has 4 heteroatoms. The fourth-order valence-electron chi connectivity index (χ4n) is 1.07. The Morgan fingerprint density at radius 2 is 1.75 bits per heavy atom. The van der Waals surface area contributed by atoms with Gasteiger partial charge in [0.15, 0.2) is 0 Å². The van der Waals surface area contributed by atoms with Crippen molar-refractivity contribution in [2.75, 3.05) is 53.2 Å². The van der Waals surface area contributed by atoms with Crippen molar-refractivity contribution >= 4 is 0 Å². The summed E-state index contributed by atoms with van der Waals surface area (Å²) in [4.78, 5) is 0. The highest BCUT2D eigenvalue weighted by Gasteiger charge is 1.91. The van der Waals surface area contributed by atoms with Crippen molar-refractivity contribution in [1.29, 1.82) is 0 Å². The molecule has 0 atom stereocenters. The van der Waals surface area contributed by atoms with E-state index in [2.05, 4.69) is 11.9 Å². The zero-order chi connectivity index (χ0) is 12.1. The summed E-state index contributed by atoms with van der Waals surface area (Å²) in [7, 11) is 1.70. The van der Waals surface area contributed by atoms with Crippen molar-refractivity contribution in [3.8, 4) is 0 Å². The summed E-state index contributed by atoms with van der Waals surface area (Å²) >= 11 is 0. The van der Waals surface area contributed by atoms with Crippen LogP contribution < -0.4 is 5.32 Å². The lowest BCUT2D eigenvalue weighted by atomic mass is 10.4. The molecular formula is C12H25NO3. The second kappa shape index (κ2) is 12.6. The van der Waals surface area contributed by atoms with E-state index in [4.69, 9.17) is 14.2 Å². The number of hydrogen-bond donors (Lipinski definition) is 1. The van der Waals surface area contributed by atoms with Gasteiger partial charge in [-0.1, -0.05) is 12.2 Å². The van der Waals surface area contributed by atoms with Gasteiger partial charge in [-0.2, -0.15) is 0 Å². The molecule has 16 heavy (non-hydrogen) atoms. The minimum atomic E-state index is 0.648. The molecule has 0 amide bonds. The Morgan fingerprint density at radius 1 is 1.06 bits per heavy atom. The molecule has 0 unspecified atom stereocenters. The largest absolute Gasteiger partial charge is 0.385 e. The van der Waals surface area contributed by atoms with Crippen molar-refractivity contribution in [1.82, 2.24) is 5.32 Å². The molecule has 0 bridgehead atoms. The van der Waals surface area contributed by atoms with Crippen molar-refractivity contribution in [3.05, 3.63) is 12.2 Å². The third-order valence-electron chi connectivity index (χ3n) is 1.83. The average molecular weight is 231 g/mol. The predicted octanol–water partition coefficient (Wildman–Crippen LogP) is 1.22. The maximum atomic E-state index is 5.38. The van der Waals surface area contributed by atoms with Gasteiger partial charge in [-0.25, -0.2) is 0 Å². The number of hydrogen-bond acceptors (Lipinski definition) is 4. The van der Waals surface area contributed by atoms with Gasteiger partial charge in [0.2, 0.25) is 0 Å². The van der Waals surface area contributed by atoms with Gasteiger partial charge in [-0.3, -0.25) is 0 Å². The number of methoxy groups -OCH3 is 1. The monoisotopic (exact) mass is 231 g/mol. The van der Waals surface area contributed by atoms with Crippen molar-refractivity contribution in [2.45, 2.75) is 13.3 Å². The molecule has 0 saturated carbocycles. The quantitative estimate of drug-likeness (QED) is 0.405. The number of ether oxygens (including phenoxy) is 3. The molecular weight excluding hydrogens is 206 g/mol. The molecule has 0 aromatic heterocycles. The summed E-state index contributed by atoms with van der Waals surface area (Å²) in [5.41, 5.74) is 1.06. The summed E-state index contributed by atoms with van der Waals surface area (Å²) in [6.45, 7) is 11.1. The lowest BCUT2D eigenvalue weighted by molar-refractivity contribution is 0.102. The summed E-state index contributed by atoms with van der Waals surface area (Å²) in [6, 6.07) is 0. The van der Waals surface area contributed by atoms with Crippen LogP contribution >= 0.6 is 0 Å². The minimum Gasteiger partial charge on any atom is -0.385 e. The van der Waals surface area contributed by atoms with Crippen LogP contribution in [0.3, 0.4) is 0 Å². The van der Waals surface area contributed by atoms with Gasteiger partial charge in [-0.15, -0.1) is 0 Å². The molecule has 4 nitrogen and oxygen atoms in total. The molecule has 0 aliphatic rings. The molecule has 0 aromatic carbocycles. The highest BCUT2D eigenvalue weighted by Crippen LogP contribution is 1.86. The highest BCUT2D eigenvalue weighted by molar-refractivity contribution is 4.87. The molecule has 0 saturated heterocycles. The molecule has 0 aliphatic carbocycles. The average Bonchev–Trinajstić information content (AvgIpc) is 2.25. The molecule has 0 aromatic rings. The summed E-state index contributed by atoms with van der Waals surface area (Å²) < 4.78 is 15.6. The Kier molecular flexibility index (Phi) is 12.3. The molecule has 0 spiro atoms. The van der Waals surface area contributed by atoms with Gasteiger partial charge in [0, 0.05) is 33.4 Å². The number of nitrogens with one attached hydrogen (secondary N) is 1. The third-order valence-corrected chi connectivity index (χ3v) is 1.83. The van der Waals surface area contributed by atoms with E-state index in [0.717, 1.165) is 51.5 Å². The topological polar surface area (TPSA) is 39.7 Å². The van der Waals surface area contributed by atoms with Crippen LogP contribution in [0.25, 0.3) is 0 Å². The third kappa shape index (κ3) is 13.6. The van der Waals surface area contributed by atoms with Gasteiger partial charge in [0.05, 0.1) is 19.8 Å². The first kappa shape index (κ1) is 15.6. The molecule has 1 N–H and O–H groups in total. The zero-order valence-corrected chi connectivity index (χ0v) is 10.6. The Morgan fingerprint density at radius 3 is 2.38 bits per heavy atom. The first-order valence-electron chi connectivity index (χ1n) is 5.77. The van der Waals surface area contributed by atoms with Crippen LogP contribution in [0.5, 0.6) is 0 Å². The van der Waals surface area contributed by atoms with E-state index in [1.807, 2.05) is 6.92 Å². The first-order valence-corrected chi connectivity index (χ1v) is 5.77. The van der Waals surface area contributed by atoms with Gasteiger partial charge in [0.25, 0.3) is 0 Å². The zero-order valence-electron chi connectivity index (χ0n) is 10.6. The smallest absolute Gasteiger partial charge is 0.0672 e. The van der Waals surface area contributed by atoms with Crippen molar-refractivity contribution in [3.63, 3.8) is 0 Å². The lowest BCUT2D eigenvalue weighted by Gasteiger charge is -2.06. The fourth-order valence-corrected chi connectivity index (χ4v) is 1.07. The maximum absolute atomic E-state index is 5.38. The Bertz CT molecular complexity index is 162. The molecule has 0 fully saturated rings. The second-order valence-electron chi connectivity index (χ2n) is 3.72. The van der Waals surface area contributed by atoms with E-state index in [1.54, 1.807) is 7.11 Å². The van der Waals surface area contributed by atoms with Crippen LogP contribution in [0.2, 0.25) is 0 Å². The van der Waals surface area contributed by atoms with Crippen LogP contribution in [-0.2, 0) is 14.2 Å². The fraction of sp³-hybridized carbons (Fsp3) is 0.833. The molecule has 96 valence electrons. The van der Waals surface area contributed by atoms with E-state index in [1.165, 1.54) is 0 Å². The Hall–Kier alpha value is -0.420. The molecule has 0 rings (SSSR count). The SMILES string of the molecule is C=C(C)COCCNCCOCCCOC. The second-order valence-corrected chi connectivity index (χ2v) is 3.72. The van der Waals surface area contributed by atoms with E-state index >= 15 is 0 Å². The summed E-state index contributed by atoms with van der Waals surface area (Å²) in [6.07, 6.45) is 0.957. The van der Waals surface area contributed by atoms with E-state index in [9.17, 15) is 0 Å². The Labute approximate surface area is 99.0 Å². The standard InChI is InChI=1S/C12H25NO3/c1-12(2)11-16-10-6-13-5-9-15-8-4-7-14-3/h13H,1,4-11H2,2-3H3.